The molecule has 0 fully saturated rings. The predicted molar refractivity (Wildman–Crippen MR) is 107 cm³/mol. The maximum absolute atomic E-state index is 9.19. The number of hydrogen-bond donors (Lipinski definition) is 2. The fraction of sp³-hybridized carbons (Fsp3) is 0.0952. The highest BCUT2D eigenvalue weighted by atomic mass is 32.2. The van der Waals surface area contributed by atoms with Crippen LogP contribution in [0.3, 0.4) is 0 Å². The maximum Gasteiger partial charge on any atom is 0.171 e. The van der Waals surface area contributed by atoms with Crippen molar-refractivity contribution < 1.29 is 14.7 Å². The summed E-state index contributed by atoms with van der Waals surface area (Å²) in [6.45, 7) is 0.387. The van der Waals surface area contributed by atoms with Gasteiger partial charge in [-0.2, -0.15) is 0 Å². The first-order valence-electron chi connectivity index (χ1n) is 8.31. The molecule has 5 nitrogen and oxygen atoms in total. The van der Waals surface area contributed by atoms with E-state index in [2.05, 4.69) is 5.16 Å². The number of nitrogens with two attached hydrogens (primary N) is 1. The summed E-state index contributed by atoms with van der Waals surface area (Å²) in [5.41, 5.74) is 7.52. The molecule has 3 aromatic carbocycles. The van der Waals surface area contributed by atoms with Crippen LogP contribution in [0.2, 0.25) is 0 Å². The lowest BCUT2D eigenvalue weighted by molar-refractivity contribution is 0.284. The van der Waals surface area contributed by atoms with Gasteiger partial charge in [-0.3, -0.25) is 0 Å². The van der Waals surface area contributed by atoms with E-state index in [1.807, 2.05) is 66.7 Å². The molecule has 6 heteroatoms. The van der Waals surface area contributed by atoms with E-state index >= 15 is 0 Å². The molecular weight excluding hydrogens is 360 g/mol. The summed E-state index contributed by atoms with van der Waals surface area (Å²) in [5, 5.41) is 12.3. The second-order valence-electron chi connectivity index (χ2n) is 5.67. The number of methoxy groups -OCH3 is 1. The van der Waals surface area contributed by atoms with Crippen LogP contribution in [0.15, 0.2) is 87.7 Å². The molecule has 0 saturated carbocycles. The minimum atomic E-state index is 0.0145. The number of rotatable bonds is 7. The largest absolute Gasteiger partial charge is 0.493 e. The number of amidine groups is 1. The summed E-state index contributed by atoms with van der Waals surface area (Å²) in [7, 11) is 1.59. The van der Waals surface area contributed by atoms with Crippen molar-refractivity contribution in [3.05, 3.63) is 83.9 Å². The molecule has 0 bridgehead atoms. The van der Waals surface area contributed by atoms with Crippen molar-refractivity contribution in [1.29, 1.82) is 0 Å². The molecule has 0 atom stereocenters. The second kappa shape index (κ2) is 9.00. The summed E-state index contributed by atoms with van der Waals surface area (Å²) >= 11 is 1.50. The Labute approximate surface area is 162 Å². The molecule has 0 aliphatic carbocycles. The van der Waals surface area contributed by atoms with Crippen molar-refractivity contribution in [3.63, 3.8) is 0 Å². The van der Waals surface area contributed by atoms with Gasteiger partial charge in [-0.1, -0.05) is 65.4 Å². The molecule has 0 aliphatic rings. The Kier molecular flexibility index (Phi) is 6.22. The highest BCUT2D eigenvalue weighted by molar-refractivity contribution is 7.99. The van der Waals surface area contributed by atoms with Gasteiger partial charge in [0.2, 0.25) is 0 Å². The van der Waals surface area contributed by atoms with Gasteiger partial charge in [-0.05, 0) is 29.8 Å². The fourth-order valence-corrected chi connectivity index (χ4v) is 3.49. The van der Waals surface area contributed by atoms with Gasteiger partial charge in [0.05, 0.1) is 7.11 Å². The summed E-state index contributed by atoms with van der Waals surface area (Å²) in [6, 6.07) is 23.3. The van der Waals surface area contributed by atoms with Crippen molar-refractivity contribution in [3.8, 4) is 11.5 Å². The van der Waals surface area contributed by atoms with Gasteiger partial charge in [0.15, 0.2) is 17.3 Å². The van der Waals surface area contributed by atoms with Gasteiger partial charge in [0.1, 0.15) is 6.61 Å². The van der Waals surface area contributed by atoms with Crippen molar-refractivity contribution in [2.24, 2.45) is 10.9 Å². The van der Waals surface area contributed by atoms with Crippen LogP contribution in [0.4, 0.5) is 0 Å². The highest BCUT2D eigenvalue weighted by Gasteiger charge is 2.16. The van der Waals surface area contributed by atoms with E-state index < -0.39 is 0 Å². The standard InChI is InChI=1S/C21H20N2O3S/c1-25-18-13-20(27-16-10-6-3-7-11-16)17(21(22)23-24)12-19(18)26-14-15-8-4-2-5-9-15/h2-13,24H,14H2,1H3,(H2,22,23). The van der Waals surface area contributed by atoms with Gasteiger partial charge >= 0.3 is 0 Å². The van der Waals surface area contributed by atoms with Crippen LogP contribution in [0.25, 0.3) is 0 Å². The quantitative estimate of drug-likeness (QED) is 0.273. The van der Waals surface area contributed by atoms with Crippen LogP contribution in [0.1, 0.15) is 11.1 Å². The summed E-state index contributed by atoms with van der Waals surface area (Å²) < 4.78 is 11.4. The van der Waals surface area contributed by atoms with E-state index in [1.165, 1.54) is 11.8 Å². The van der Waals surface area contributed by atoms with E-state index in [1.54, 1.807) is 13.2 Å². The Morgan fingerprint density at radius 3 is 2.30 bits per heavy atom. The lowest BCUT2D eigenvalue weighted by atomic mass is 10.2. The predicted octanol–water partition coefficient (Wildman–Crippen LogP) is 4.52. The molecule has 27 heavy (non-hydrogen) atoms. The van der Waals surface area contributed by atoms with E-state index in [-0.39, 0.29) is 5.84 Å². The topological polar surface area (TPSA) is 77.1 Å². The van der Waals surface area contributed by atoms with Crippen molar-refractivity contribution in [2.45, 2.75) is 16.4 Å². The van der Waals surface area contributed by atoms with Gasteiger partial charge in [-0.25, -0.2) is 0 Å². The molecule has 0 amide bonds. The first-order valence-corrected chi connectivity index (χ1v) is 9.12. The molecule has 0 heterocycles. The third-order valence-corrected chi connectivity index (χ3v) is 4.92. The Balaban J connectivity index is 1.94. The molecule has 3 rings (SSSR count). The van der Waals surface area contributed by atoms with E-state index in [9.17, 15) is 5.21 Å². The van der Waals surface area contributed by atoms with E-state index in [4.69, 9.17) is 15.2 Å². The van der Waals surface area contributed by atoms with Crippen LogP contribution >= 0.6 is 11.8 Å². The Bertz CT molecular complexity index is 915. The van der Waals surface area contributed by atoms with Crippen molar-refractivity contribution >= 4 is 17.6 Å². The SMILES string of the molecule is COc1cc(Sc2ccccc2)c(/C(N)=N/O)cc1OCc1ccccc1. The maximum atomic E-state index is 9.19. The molecule has 0 aromatic heterocycles. The Hall–Kier alpha value is -3.12. The molecule has 138 valence electrons. The lowest BCUT2D eigenvalue weighted by Gasteiger charge is -2.15. The van der Waals surface area contributed by atoms with Crippen LogP contribution in [-0.4, -0.2) is 18.2 Å². The van der Waals surface area contributed by atoms with Crippen LogP contribution in [-0.2, 0) is 6.61 Å². The molecule has 0 saturated heterocycles. The number of hydrogen-bond acceptors (Lipinski definition) is 5. The minimum absolute atomic E-state index is 0.0145. The average Bonchev–Trinajstić information content (AvgIpc) is 2.73. The first-order chi connectivity index (χ1) is 13.2. The van der Waals surface area contributed by atoms with Gasteiger partial charge in [-0.15, -0.1) is 0 Å². The molecular formula is C21H20N2O3S. The van der Waals surface area contributed by atoms with E-state index in [0.717, 1.165) is 15.4 Å². The number of oxime groups is 1. The van der Waals surface area contributed by atoms with Crippen LogP contribution in [0.5, 0.6) is 11.5 Å². The summed E-state index contributed by atoms with van der Waals surface area (Å²) in [6.07, 6.45) is 0. The Morgan fingerprint density at radius 2 is 1.67 bits per heavy atom. The lowest BCUT2D eigenvalue weighted by Crippen LogP contribution is -2.15. The molecule has 0 aliphatic heterocycles. The smallest absolute Gasteiger partial charge is 0.171 e. The molecule has 0 spiro atoms. The van der Waals surface area contributed by atoms with Crippen molar-refractivity contribution in [2.75, 3.05) is 7.11 Å². The number of nitrogens with zero attached hydrogens (tertiary/aromatic N) is 1. The molecule has 0 radical (unpaired) electrons. The van der Waals surface area contributed by atoms with Crippen molar-refractivity contribution in [1.82, 2.24) is 0 Å². The zero-order valence-electron chi connectivity index (χ0n) is 14.8. The highest BCUT2D eigenvalue weighted by Crippen LogP contribution is 2.38. The van der Waals surface area contributed by atoms with E-state index in [0.29, 0.717) is 23.7 Å². The van der Waals surface area contributed by atoms with Gasteiger partial charge in [0, 0.05) is 15.4 Å². The van der Waals surface area contributed by atoms with Crippen LogP contribution < -0.4 is 15.2 Å². The molecule has 0 unspecified atom stereocenters. The Morgan fingerprint density at radius 1 is 1.00 bits per heavy atom. The third kappa shape index (κ3) is 4.74. The normalized spacial score (nSPS) is 11.2. The van der Waals surface area contributed by atoms with Gasteiger partial charge < -0.3 is 20.4 Å². The zero-order valence-corrected chi connectivity index (χ0v) is 15.6. The van der Waals surface area contributed by atoms with Gasteiger partial charge in [0.25, 0.3) is 0 Å². The summed E-state index contributed by atoms with van der Waals surface area (Å²) in [4.78, 5) is 1.84. The molecule has 3 N–H and O–H groups in total. The fourth-order valence-electron chi connectivity index (χ4n) is 2.50. The first kappa shape index (κ1) is 18.7. The monoisotopic (exact) mass is 380 g/mol. The zero-order chi connectivity index (χ0) is 19.1. The summed E-state index contributed by atoms with van der Waals surface area (Å²) in [5.74, 6) is 1.12. The number of ether oxygens (including phenoxy) is 2. The van der Waals surface area contributed by atoms with Crippen LogP contribution in [0, 0.1) is 0 Å². The second-order valence-corrected chi connectivity index (χ2v) is 6.79. The number of benzene rings is 3. The third-order valence-electron chi connectivity index (χ3n) is 3.86. The average molecular weight is 380 g/mol. The minimum Gasteiger partial charge on any atom is -0.493 e. The molecule has 3 aromatic rings.